The number of halogens is 3. The van der Waals surface area contributed by atoms with Gasteiger partial charge in [-0.05, 0) is 31.9 Å². The standard InChI is InChI=1S/C17H17Cl2N3O5S.C6H13ClO/c1-9(2)26-17-14(19)5-11(7-20-17)25-8-10-4-15-12(6-13(10)18)16(21-27-15)22-28(3,23)24;1-6(2)5-8-4-3-7/h4-7,9H,8H2,1-3H3,(H,21,22);6H,3-5H2,1-2H3. The third-order valence-electron chi connectivity index (χ3n) is 4.12. The number of alkyl halides is 1. The van der Waals surface area contributed by atoms with Crippen LogP contribution in [0.4, 0.5) is 5.82 Å². The maximum atomic E-state index is 11.4. The van der Waals surface area contributed by atoms with Crippen LogP contribution < -0.4 is 14.2 Å². The highest BCUT2D eigenvalue weighted by Crippen LogP contribution is 2.31. The minimum atomic E-state index is -3.49. The Morgan fingerprint density at radius 2 is 1.83 bits per heavy atom. The maximum Gasteiger partial charge on any atom is 0.233 e. The summed E-state index contributed by atoms with van der Waals surface area (Å²) in [6.07, 6.45) is 2.47. The van der Waals surface area contributed by atoms with Crippen molar-refractivity contribution in [2.45, 2.75) is 40.4 Å². The van der Waals surface area contributed by atoms with Crippen molar-refractivity contribution < 1.29 is 27.2 Å². The van der Waals surface area contributed by atoms with Crippen molar-refractivity contribution in [3.8, 4) is 11.6 Å². The fourth-order valence-corrected chi connectivity index (χ4v) is 3.72. The average Bonchev–Trinajstić information content (AvgIpc) is 3.13. The molecule has 0 aliphatic rings. The van der Waals surface area contributed by atoms with Crippen LogP contribution in [-0.4, -0.2) is 50.0 Å². The van der Waals surface area contributed by atoms with Crippen molar-refractivity contribution in [3.05, 3.63) is 40.0 Å². The summed E-state index contributed by atoms with van der Waals surface area (Å²) >= 11 is 17.8. The molecule has 1 aromatic carbocycles. The molecule has 0 saturated heterocycles. The van der Waals surface area contributed by atoms with Gasteiger partial charge in [0.25, 0.3) is 0 Å². The van der Waals surface area contributed by atoms with Gasteiger partial charge in [0.1, 0.15) is 17.4 Å². The van der Waals surface area contributed by atoms with E-state index in [0.29, 0.717) is 56.6 Å². The monoisotopic (exact) mass is 581 g/mol. The number of nitrogens with zero attached hydrogens (tertiary/aromatic N) is 2. The van der Waals surface area contributed by atoms with Crippen molar-refractivity contribution in [3.63, 3.8) is 0 Å². The van der Waals surface area contributed by atoms with Crippen LogP contribution >= 0.6 is 34.8 Å². The van der Waals surface area contributed by atoms with Crippen molar-refractivity contribution in [1.29, 1.82) is 0 Å². The first kappa shape index (κ1) is 30.2. The Morgan fingerprint density at radius 3 is 2.42 bits per heavy atom. The Morgan fingerprint density at radius 1 is 1.11 bits per heavy atom. The molecule has 9 nitrogen and oxygen atoms in total. The van der Waals surface area contributed by atoms with E-state index in [1.54, 1.807) is 18.2 Å². The van der Waals surface area contributed by atoms with Gasteiger partial charge in [-0.3, -0.25) is 4.72 Å². The number of anilines is 1. The van der Waals surface area contributed by atoms with E-state index in [0.717, 1.165) is 12.9 Å². The van der Waals surface area contributed by atoms with Crippen LogP contribution in [0.5, 0.6) is 11.6 Å². The summed E-state index contributed by atoms with van der Waals surface area (Å²) in [5.74, 6) is 2.07. The van der Waals surface area contributed by atoms with Gasteiger partial charge in [0.05, 0.1) is 30.5 Å². The number of ether oxygens (including phenoxy) is 3. The third-order valence-corrected chi connectivity index (χ3v) is 5.46. The lowest BCUT2D eigenvalue weighted by atomic mass is 10.2. The topological polar surface area (TPSA) is 113 Å². The highest BCUT2D eigenvalue weighted by molar-refractivity contribution is 7.92. The molecule has 3 aromatic rings. The molecule has 0 atom stereocenters. The number of benzene rings is 1. The number of rotatable bonds is 11. The van der Waals surface area contributed by atoms with E-state index in [9.17, 15) is 8.42 Å². The van der Waals surface area contributed by atoms with Crippen LogP contribution in [-0.2, 0) is 21.4 Å². The molecular formula is C23H30Cl3N3O6S. The second kappa shape index (κ2) is 14.1. The molecule has 0 radical (unpaired) electrons. The zero-order valence-electron chi connectivity index (χ0n) is 20.7. The van der Waals surface area contributed by atoms with E-state index in [4.69, 9.17) is 53.5 Å². The Bertz CT molecular complexity index is 1240. The molecule has 0 amide bonds. The molecule has 0 aliphatic heterocycles. The van der Waals surface area contributed by atoms with Gasteiger partial charge in [0, 0.05) is 29.1 Å². The molecule has 0 aliphatic carbocycles. The number of hydrogen-bond acceptors (Lipinski definition) is 8. The van der Waals surface area contributed by atoms with Gasteiger partial charge in [0.15, 0.2) is 11.4 Å². The SMILES string of the molecule is CC(C)COCCCl.CC(C)Oc1ncc(OCc2cc3onc(NS(C)(=O)=O)c3cc2Cl)cc1Cl. The smallest absolute Gasteiger partial charge is 0.233 e. The second-order valence-electron chi connectivity index (χ2n) is 8.42. The molecule has 1 N–H and O–H groups in total. The van der Waals surface area contributed by atoms with E-state index in [-0.39, 0.29) is 18.5 Å². The molecule has 0 bridgehead atoms. The normalized spacial score (nSPS) is 11.5. The van der Waals surface area contributed by atoms with E-state index >= 15 is 0 Å². The van der Waals surface area contributed by atoms with Gasteiger partial charge in [0.2, 0.25) is 15.9 Å². The lowest BCUT2D eigenvalue weighted by molar-refractivity contribution is 0.123. The summed E-state index contributed by atoms with van der Waals surface area (Å²) in [6, 6.07) is 4.79. The molecule has 2 heterocycles. The number of nitrogens with one attached hydrogen (secondary N) is 1. The summed E-state index contributed by atoms with van der Waals surface area (Å²) in [5, 5.41) is 4.86. The Balaban J connectivity index is 0.000000493. The Hall–Kier alpha value is -1.98. The number of fused-ring (bicyclic) bond motifs is 1. The van der Waals surface area contributed by atoms with Crippen molar-refractivity contribution in [2.24, 2.45) is 5.92 Å². The summed E-state index contributed by atoms with van der Waals surface area (Å²) in [4.78, 5) is 4.13. The van der Waals surface area contributed by atoms with Crippen LogP contribution in [0, 0.1) is 5.92 Å². The van der Waals surface area contributed by atoms with Crippen LogP contribution in [0.15, 0.2) is 28.9 Å². The van der Waals surface area contributed by atoms with E-state index in [1.807, 2.05) is 13.8 Å². The Labute approximate surface area is 226 Å². The first-order chi connectivity index (χ1) is 16.9. The first-order valence-electron chi connectivity index (χ1n) is 11.0. The fourth-order valence-electron chi connectivity index (χ4n) is 2.69. The minimum absolute atomic E-state index is 0.0497. The fraction of sp³-hybridized carbons (Fsp3) is 0.478. The molecular weight excluding hydrogens is 553 g/mol. The summed E-state index contributed by atoms with van der Waals surface area (Å²) in [5.41, 5.74) is 0.987. The Kier molecular flexibility index (Phi) is 11.8. The van der Waals surface area contributed by atoms with Gasteiger partial charge in [-0.1, -0.05) is 42.2 Å². The maximum absolute atomic E-state index is 11.4. The highest BCUT2D eigenvalue weighted by atomic mass is 35.5. The van der Waals surface area contributed by atoms with E-state index < -0.39 is 10.0 Å². The van der Waals surface area contributed by atoms with Gasteiger partial charge < -0.3 is 18.7 Å². The zero-order valence-corrected chi connectivity index (χ0v) is 23.8. The van der Waals surface area contributed by atoms with Crippen LogP contribution in [0.25, 0.3) is 11.0 Å². The lowest BCUT2D eigenvalue weighted by Crippen LogP contribution is -2.09. The molecule has 0 spiro atoms. The van der Waals surface area contributed by atoms with Crippen LogP contribution in [0.2, 0.25) is 10.0 Å². The number of pyridine rings is 1. The quantitative estimate of drug-likeness (QED) is 0.211. The number of aromatic nitrogens is 2. The molecule has 0 unspecified atom stereocenters. The first-order valence-corrected chi connectivity index (χ1v) is 14.2. The summed E-state index contributed by atoms with van der Waals surface area (Å²) in [7, 11) is -3.49. The van der Waals surface area contributed by atoms with Gasteiger partial charge in [-0.15, -0.1) is 11.6 Å². The van der Waals surface area contributed by atoms with E-state index in [2.05, 4.69) is 28.7 Å². The summed E-state index contributed by atoms with van der Waals surface area (Å²) < 4.78 is 46.5. The van der Waals surface area contributed by atoms with Crippen LogP contribution in [0.3, 0.4) is 0 Å². The second-order valence-corrected chi connectivity index (χ2v) is 11.4. The molecule has 3 rings (SSSR count). The number of sulfonamides is 1. The summed E-state index contributed by atoms with van der Waals surface area (Å²) in [6.45, 7) is 9.61. The van der Waals surface area contributed by atoms with Crippen molar-refractivity contribution >= 4 is 61.6 Å². The predicted octanol–water partition coefficient (Wildman–Crippen LogP) is 6.17. The van der Waals surface area contributed by atoms with Gasteiger partial charge in [-0.2, -0.15) is 0 Å². The largest absolute Gasteiger partial charge is 0.487 e. The minimum Gasteiger partial charge on any atom is -0.487 e. The van der Waals surface area contributed by atoms with Crippen LogP contribution in [0.1, 0.15) is 33.3 Å². The highest BCUT2D eigenvalue weighted by Gasteiger charge is 2.15. The number of hydrogen-bond donors (Lipinski definition) is 1. The average molecular weight is 583 g/mol. The zero-order chi connectivity index (χ0) is 26.9. The molecule has 36 heavy (non-hydrogen) atoms. The van der Waals surface area contributed by atoms with Crippen molar-refractivity contribution in [2.75, 3.05) is 30.1 Å². The lowest BCUT2D eigenvalue weighted by Gasteiger charge is -2.12. The molecule has 13 heteroatoms. The predicted molar refractivity (Wildman–Crippen MR) is 143 cm³/mol. The molecule has 0 fully saturated rings. The van der Waals surface area contributed by atoms with Gasteiger partial charge >= 0.3 is 0 Å². The van der Waals surface area contributed by atoms with Gasteiger partial charge in [-0.25, -0.2) is 13.4 Å². The van der Waals surface area contributed by atoms with Crippen molar-refractivity contribution in [1.82, 2.24) is 10.1 Å². The molecule has 2 aromatic heterocycles. The molecule has 0 saturated carbocycles. The van der Waals surface area contributed by atoms with E-state index in [1.165, 1.54) is 6.20 Å². The third kappa shape index (κ3) is 10.2. The molecule has 200 valence electrons.